The molecule has 0 saturated heterocycles. The minimum absolute atomic E-state index is 0.430. The largest absolute Gasteiger partial charge is 0.459 e. The summed E-state index contributed by atoms with van der Waals surface area (Å²) < 4.78 is 7.41. The number of hydrogen-bond acceptors (Lipinski definition) is 5. The second-order valence-electron chi connectivity index (χ2n) is 4.97. The average molecular weight is 328 g/mol. The summed E-state index contributed by atoms with van der Waals surface area (Å²) in [6, 6.07) is 1.96. The smallest absolute Gasteiger partial charge is 0.267 e. The number of carbonyl (C=O) groups excluding carboxylic acids is 1. The van der Waals surface area contributed by atoms with E-state index in [0.717, 1.165) is 22.8 Å². The van der Waals surface area contributed by atoms with Crippen LogP contribution in [0.2, 0.25) is 0 Å². The maximum atomic E-state index is 10.9. The van der Waals surface area contributed by atoms with E-state index in [1.54, 1.807) is 10.9 Å². The molecule has 0 saturated carbocycles. The molecule has 0 spiro atoms. The fraction of sp³-hybridized carbons (Fsp3) is 0.235. The van der Waals surface area contributed by atoms with E-state index in [-0.39, 0.29) is 0 Å². The quantitative estimate of drug-likeness (QED) is 0.468. The van der Waals surface area contributed by atoms with Crippen LogP contribution in [0.15, 0.2) is 34.9 Å². The molecule has 0 unspecified atom stereocenters. The number of amides is 1. The van der Waals surface area contributed by atoms with Crippen molar-refractivity contribution in [2.45, 2.75) is 26.8 Å². The Balaban J connectivity index is 2.16. The van der Waals surface area contributed by atoms with Gasteiger partial charge >= 0.3 is 0 Å². The van der Waals surface area contributed by atoms with Crippen molar-refractivity contribution < 1.29 is 14.4 Å². The molecule has 0 bridgehead atoms. The summed E-state index contributed by atoms with van der Waals surface area (Å²) >= 11 is 0. The molecular weight excluding hydrogens is 308 g/mol. The zero-order valence-corrected chi connectivity index (χ0v) is 13.6. The van der Waals surface area contributed by atoms with E-state index < -0.39 is 5.91 Å². The van der Waals surface area contributed by atoms with Crippen LogP contribution in [0.3, 0.4) is 0 Å². The topological polar surface area (TPSA) is 93.2 Å². The zero-order chi connectivity index (χ0) is 17.4. The molecule has 0 radical (unpaired) electrons. The fourth-order valence-electron chi connectivity index (χ4n) is 2.04. The molecular formula is C17H20N4O3. The molecule has 0 aliphatic carbocycles. The molecule has 7 heteroatoms. The molecule has 0 aliphatic heterocycles. The van der Waals surface area contributed by atoms with Crippen molar-refractivity contribution in [3.8, 4) is 0 Å². The van der Waals surface area contributed by atoms with Crippen LogP contribution >= 0.6 is 0 Å². The van der Waals surface area contributed by atoms with E-state index in [1.165, 1.54) is 17.6 Å². The minimum atomic E-state index is -0.626. The summed E-state index contributed by atoms with van der Waals surface area (Å²) in [5.74, 6) is 0.131. The van der Waals surface area contributed by atoms with Gasteiger partial charge in [-0.05, 0) is 31.6 Å². The molecule has 2 aromatic rings. The molecule has 2 N–H and O–H groups in total. The Kier molecular flexibility index (Phi) is 6.27. The van der Waals surface area contributed by atoms with Crippen molar-refractivity contribution in [1.29, 1.82) is 0 Å². The van der Waals surface area contributed by atoms with Gasteiger partial charge in [-0.15, -0.1) is 5.10 Å². The van der Waals surface area contributed by atoms with Gasteiger partial charge in [-0.2, -0.15) is 0 Å². The third-order valence-corrected chi connectivity index (χ3v) is 3.14. The normalized spacial score (nSPS) is 13.5. The van der Waals surface area contributed by atoms with Crippen molar-refractivity contribution in [3.63, 3.8) is 0 Å². The van der Waals surface area contributed by atoms with Gasteiger partial charge in [0.05, 0.1) is 6.20 Å². The second-order valence-corrected chi connectivity index (χ2v) is 4.97. The van der Waals surface area contributed by atoms with Crippen LogP contribution in [-0.4, -0.2) is 26.1 Å². The lowest BCUT2D eigenvalue weighted by Gasteiger charge is -1.94. The number of carbonyl (C=O) groups is 1. The highest BCUT2D eigenvalue weighted by molar-refractivity contribution is 5.90. The Labute approximate surface area is 139 Å². The highest BCUT2D eigenvalue weighted by Gasteiger charge is 2.04. The maximum absolute atomic E-state index is 10.9. The number of hydrogen-bond donors (Lipinski definition) is 2. The molecule has 2 heterocycles. The molecule has 24 heavy (non-hydrogen) atoms. The molecule has 2 rings (SSSR count). The molecule has 126 valence electrons. The van der Waals surface area contributed by atoms with Gasteiger partial charge in [0.15, 0.2) is 0 Å². The first kappa shape index (κ1) is 17.4. The molecule has 2 aromatic heterocycles. The number of rotatable bonds is 6. The van der Waals surface area contributed by atoms with Crippen LogP contribution in [0.5, 0.6) is 0 Å². The van der Waals surface area contributed by atoms with Gasteiger partial charge in [-0.3, -0.25) is 10.0 Å². The van der Waals surface area contributed by atoms with Crippen LogP contribution in [0.1, 0.15) is 31.7 Å². The van der Waals surface area contributed by atoms with E-state index in [4.69, 9.17) is 9.62 Å². The highest BCUT2D eigenvalue weighted by Crippen LogP contribution is 2.01. The first-order valence-corrected chi connectivity index (χ1v) is 7.60. The summed E-state index contributed by atoms with van der Waals surface area (Å²) in [6.45, 7) is 4.44. The number of nitrogens with zero attached hydrogens (tertiary/aromatic N) is 3. The van der Waals surface area contributed by atoms with Crippen molar-refractivity contribution in [3.05, 3.63) is 52.6 Å². The first-order valence-electron chi connectivity index (χ1n) is 7.60. The summed E-state index contributed by atoms with van der Waals surface area (Å²) in [5, 5.41) is 17.3. The summed E-state index contributed by atoms with van der Waals surface area (Å²) in [6.07, 6.45) is 13.3. The van der Waals surface area contributed by atoms with Crippen LogP contribution in [0.25, 0.3) is 18.2 Å². The third kappa shape index (κ3) is 4.79. The molecule has 0 aromatic carbocycles. The lowest BCUT2D eigenvalue weighted by molar-refractivity contribution is -0.124. The Morgan fingerprint density at radius 1 is 1.50 bits per heavy atom. The Bertz CT molecular complexity index is 859. The van der Waals surface area contributed by atoms with Crippen LogP contribution in [-0.2, 0) is 11.3 Å². The van der Waals surface area contributed by atoms with E-state index in [9.17, 15) is 4.79 Å². The highest BCUT2D eigenvalue weighted by atomic mass is 16.5. The van der Waals surface area contributed by atoms with Crippen LogP contribution < -0.4 is 16.1 Å². The third-order valence-electron chi connectivity index (χ3n) is 3.14. The van der Waals surface area contributed by atoms with Crippen LogP contribution in [0, 0.1) is 0 Å². The van der Waals surface area contributed by atoms with Gasteiger partial charge in [0, 0.05) is 11.3 Å². The van der Waals surface area contributed by atoms with Gasteiger partial charge in [0.2, 0.25) is 0 Å². The van der Waals surface area contributed by atoms with Crippen molar-refractivity contribution in [2.75, 3.05) is 0 Å². The van der Waals surface area contributed by atoms with Gasteiger partial charge < -0.3 is 4.42 Å². The van der Waals surface area contributed by atoms with Crippen molar-refractivity contribution >= 4 is 24.1 Å². The van der Waals surface area contributed by atoms with Gasteiger partial charge in [0.25, 0.3) is 5.91 Å². The monoisotopic (exact) mass is 328 g/mol. The molecule has 7 nitrogen and oxygen atoms in total. The minimum Gasteiger partial charge on any atom is -0.459 e. The Morgan fingerprint density at radius 2 is 2.33 bits per heavy atom. The summed E-state index contributed by atoms with van der Waals surface area (Å²) in [4.78, 5) is 10.9. The van der Waals surface area contributed by atoms with Crippen molar-refractivity contribution in [2.24, 2.45) is 0 Å². The standard InChI is InChI=1S/C17H20N4O3/c1-3-5-6-7-13-10-15(24-16(13)4-2)12-21-11-14(18-20-21)8-9-17(22)19-23/h4-11,23H,3,12H2,1-2H3,(H,19,22). The van der Waals surface area contributed by atoms with E-state index >= 15 is 0 Å². The van der Waals surface area contributed by atoms with Crippen molar-refractivity contribution in [1.82, 2.24) is 20.5 Å². The molecule has 1 amide bonds. The fourth-order valence-corrected chi connectivity index (χ4v) is 2.04. The second kappa shape index (κ2) is 8.64. The number of furan rings is 1. The predicted octanol–water partition coefficient (Wildman–Crippen LogP) is 0.985. The van der Waals surface area contributed by atoms with E-state index in [0.29, 0.717) is 12.2 Å². The summed E-state index contributed by atoms with van der Waals surface area (Å²) in [7, 11) is 0. The number of nitrogens with one attached hydrogen (secondary N) is 1. The molecule has 0 fully saturated rings. The van der Waals surface area contributed by atoms with Gasteiger partial charge in [-0.25, -0.2) is 10.2 Å². The van der Waals surface area contributed by atoms with Gasteiger partial charge in [0.1, 0.15) is 23.4 Å². The van der Waals surface area contributed by atoms with E-state index in [1.807, 2.05) is 31.2 Å². The Morgan fingerprint density at radius 3 is 3.04 bits per heavy atom. The number of allylic oxidation sites excluding steroid dienone is 2. The average Bonchev–Trinajstić information content (AvgIpc) is 3.19. The first-order chi connectivity index (χ1) is 11.7. The molecule has 0 aliphatic rings. The Hall–Kier alpha value is -2.93. The molecule has 0 atom stereocenters. The zero-order valence-electron chi connectivity index (χ0n) is 13.6. The number of aromatic nitrogens is 3. The van der Waals surface area contributed by atoms with Crippen LogP contribution in [0.4, 0.5) is 0 Å². The SMILES string of the molecule is CC=c1oc(Cn2cc(C=CC(=O)NO)nn2)cc1=CC=CCC. The van der Waals surface area contributed by atoms with Gasteiger partial charge in [-0.1, -0.05) is 30.4 Å². The predicted molar refractivity (Wildman–Crippen MR) is 90.1 cm³/mol. The summed E-state index contributed by atoms with van der Waals surface area (Å²) in [5.41, 5.74) is 2.83. The van der Waals surface area contributed by atoms with E-state index in [2.05, 4.69) is 23.3 Å². The maximum Gasteiger partial charge on any atom is 0.267 e. The lowest BCUT2D eigenvalue weighted by atomic mass is 10.3. The number of hydroxylamine groups is 1. The lowest BCUT2D eigenvalue weighted by Crippen LogP contribution is -2.17.